The van der Waals surface area contributed by atoms with Crippen molar-refractivity contribution >= 4 is 20.7 Å². The molecule has 126 valence electrons. The van der Waals surface area contributed by atoms with Gasteiger partial charge in [0.1, 0.15) is 19.1 Å². The van der Waals surface area contributed by atoms with E-state index in [0.717, 1.165) is 5.56 Å². The summed E-state index contributed by atoms with van der Waals surface area (Å²) >= 11 is 0. The minimum Gasteiger partial charge on any atom is -0.469 e. The summed E-state index contributed by atoms with van der Waals surface area (Å²) in [5.41, 5.74) is 0.858. The zero-order valence-electron chi connectivity index (χ0n) is 13.1. The van der Waals surface area contributed by atoms with E-state index in [2.05, 4.69) is 5.32 Å². The quantitative estimate of drug-likeness (QED) is 0.547. The molecule has 1 aromatic rings. The van der Waals surface area contributed by atoms with E-state index in [1.54, 1.807) is 6.92 Å². The Bertz CT molecular complexity index is 510. The molecule has 0 saturated heterocycles. The number of benzene rings is 1. The zero-order valence-corrected chi connectivity index (χ0v) is 14.1. The predicted molar refractivity (Wildman–Crippen MR) is 84.3 cm³/mol. The number of carbonyl (C=O) groups is 2. The van der Waals surface area contributed by atoms with Gasteiger partial charge in [0, 0.05) is 6.04 Å². The summed E-state index contributed by atoms with van der Waals surface area (Å²) in [6, 6.07) is 8.70. The first-order chi connectivity index (χ1) is 11.1. The third kappa shape index (κ3) is 6.76. The molecular weight excluding hydrogens is 321 g/mol. The number of nitrogens with one attached hydrogen (secondary N) is 1. The average molecular weight is 342 g/mol. The van der Waals surface area contributed by atoms with Crippen molar-refractivity contribution < 1.29 is 28.2 Å². The lowest BCUT2D eigenvalue weighted by atomic mass is 9.99. The summed E-state index contributed by atoms with van der Waals surface area (Å²) in [7, 11) is 0.260. The number of methoxy groups -OCH3 is 1. The molecule has 1 N–H and O–H groups in total. The molecule has 1 rings (SSSR count). The first kappa shape index (κ1) is 19.1. The third-order valence-electron chi connectivity index (χ3n) is 3.27. The molecule has 23 heavy (non-hydrogen) atoms. The fourth-order valence-corrected chi connectivity index (χ4v) is 2.27. The first-order valence-electron chi connectivity index (χ1n) is 7.16. The Morgan fingerprint density at radius 2 is 1.96 bits per heavy atom. The van der Waals surface area contributed by atoms with E-state index < -0.39 is 32.7 Å². The number of alkyl carbamates (subject to hydrolysis) is 1. The van der Waals surface area contributed by atoms with Gasteiger partial charge in [-0.25, -0.2) is 4.79 Å². The molecule has 0 aromatic heterocycles. The second kappa shape index (κ2) is 10.7. The van der Waals surface area contributed by atoms with Gasteiger partial charge < -0.3 is 14.8 Å². The van der Waals surface area contributed by atoms with Crippen LogP contribution in [0.25, 0.3) is 0 Å². The van der Waals surface area contributed by atoms with Crippen molar-refractivity contribution in [2.24, 2.45) is 5.92 Å². The van der Waals surface area contributed by atoms with Crippen LogP contribution in [0.5, 0.6) is 0 Å². The Kier molecular flexibility index (Phi) is 8.87. The van der Waals surface area contributed by atoms with E-state index in [4.69, 9.17) is 14.0 Å². The number of rotatable bonds is 9. The lowest BCUT2D eigenvalue weighted by Gasteiger charge is -2.23. The van der Waals surface area contributed by atoms with E-state index in [-0.39, 0.29) is 13.2 Å². The van der Waals surface area contributed by atoms with E-state index in [9.17, 15) is 14.2 Å². The maximum absolute atomic E-state index is 11.9. The molecule has 0 aliphatic heterocycles. The van der Waals surface area contributed by atoms with E-state index in [0.29, 0.717) is 6.42 Å². The summed E-state index contributed by atoms with van der Waals surface area (Å²) in [6.07, 6.45) is -0.176. The molecular formula is C15H21NO6P+. The lowest BCUT2D eigenvalue weighted by Crippen LogP contribution is -2.45. The highest BCUT2D eigenvalue weighted by molar-refractivity contribution is 7.17. The second-order valence-corrected chi connectivity index (χ2v) is 5.20. The van der Waals surface area contributed by atoms with Crippen LogP contribution in [0.3, 0.4) is 0 Å². The Labute approximate surface area is 136 Å². The van der Waals surface area contributed by atoms with Crippen LogP contribution in [-0.2, 0) is 30.0 Å². The summed E-state index contributed by atoms with van der Waals surface area (Å²) in [6.45, 7) is 1.83. The highest BCUT2D eigenvalue weighted by atomic mass is 31.1. The highest BCUT2D eigenvalue weighted by Gasteiger charge is 2.31. The van der Waals surface area contributed by atoms with Gasteiger partial charge in [-0.1, -0.05) is 37.3 Å². The van der Waals surface area contributed by atoms with Gasteiger partial charge in [0.15, 0.2) is 0 Å². The highest BCUT2D eigenvalue weighted by Crippen LogP contribution is 2.14. The molecule has 0 heterocycles. The van der Waals surface area contributed by atoms with Gasteiger partial charge in [-0.2, -0.15) is 0 Å². The van der Waals surface area contributed by atoms with Crippen LogP contribution < -0.4 is 5.32 Å². The van der Waals surface area contributed by atoms with Gasteiger partial charge in [-0.3, -0.25) is 4.79 Å². The minimum absolute atomic E-state index is 0.105. The van der Waals surface area contributed by atoms with Crippen molar-refractivity contribution in [2.75, 3.05) is 13.7 Å². The monoisotopic (exact) mass is 342 g/mol. The standard InChI is InChI=1S/C15H20NO6P/c1-3-13(12(10-22-23-19)14(17)20-2)16-15(18)21-9-11-7-5-4-6-8-11/h4-8,12-13,23H,3,9-10H2,1-2H3/p+1. The Morgan fingerprint density at radius 1 is 1.26 bits per heavy atom. The zero-order chi connectivity index (χ0) is 17.1. The molecule has 3 atom stereocenters. The second-order valence-electron chi connectivity index (χ2n) is 4.74. The molecule has 8 heteroatoms. The minimum atomic E-state index is -0.986. The number of carbonyl (C=O) groups excluding carboxylic acids is 2. The molecule has 0 bridgehead atoms. The van der Waals surface area contributed by atoms with Crippen LogP contribution in [0.1, 0.15) is 18.9 Å². The van der Waals surface area contributed by atoms with Crippen LogP contribution in [0.4, 0.5) is 4.79 Å². The maximum Gasteiger partial charge on any atom is 0.494 e. The van der Waals surface area contributed by atoms with Crippen molar-refractivity contribution in [3.8, 4) is 0 Å². The summed E-state index contributed by atoms with van der Waals surface area (Å²) in [5, 5.41) is 2.62. The predicted octanol–water partition coefficient (Wildman–Crippen LogP) is 2.44. The van der Waals surface area contributed by atoms with E-state index >= 15 is 0 Å². The molecule has 3 unspecified atom stereocenters. The van der Waals surface area contributed by atoms with Crippen molar-refractivity contribution in [3.63, 3.8) is 0 Å². The fourth-order valence-electron chi connectivity index (χ4n) is 2.03. The fraction of sp³-hybridized carbons (Fsp3) is 0.467. The van der Waals surface area contributed by atoms with Crippen LogP contribution in [0.15, 0.2) is 30.3 Å². The van der Waals surface area contributed by atoms with Gasteiger partial charge in [0.25, 0.3) is 0 Å². The molecule has 0 saturated carbocycles. The summed E-state index contributed by atoms with van der Waals surface area (Å²) in [4.78, 5) is 23.7. The topological polar surface area (TPSA) is 90.9 Å². The van der Waals surface area contributed by atoms with Crippen molar-refractivity contribution in [1.82, 2.24) is 5.32 Å². The van der Waals surface area contributed by atoms with Crippen LogP contribution in [0.2, 0.25) is 0 Å². The van der Waals surface area contributed by atoms with Gasteiger partial charge in [-0.15, -0.1) is 4.52 Å². The SMILES string of the molecule is CCC(NC(=O)OCc1ccccc1)C(CO[PH+]=O)C(=O)OC. The number of ether oxygens (including phenoxy) is 2. The Morgan fingerprint density at radius 3 is 2.52 bits per heavy atom. The summed E-state index contributed by atoms with van der Waals surface area (Å²) in [5.74, 6) is -1.30. The smallest absolute Gasteiger partial charge is 0.469 e. The van der Waals surface area contributed by atoms with Crippen LogP contribution in [0, 0.1) is 5.92 Å². The Hall–Kier alpha value is -1.98. The normalized spacial score (nSPS) is 13.1. The van der Waals surface area contributed by atoms with E-state index in [1.165, 1.54) is 7.11 Å². The average Bonchev–Trinajstić information content (AvgIpc) is 2.59. The first-order valence-corrected chi connectivity index (χ1v) is 7.98. The molecule has 1 aromatic carbocycles. The molecule has 0 fully saturated rings. The van der Waals surface area contributed by atoms with Crippen LogP contribution in [-0.4, -0.2) is 31.8 Å². The number of hydrogen-bond donors (Lipinski definition) is 1. The maximum atomic E-state index is 11.9. The van der Waals surface area contributed by atoms with Gasteiger partial charge in [0.05, 0.1) is 7.11 Å². The third-order valence-corrected chi connectivity index (χ3v) is 3.55. The van der Waals surface area contributed by atoms with Crippen molar-refractivity contribution in [1.29, 1.82) is 0 Å². The number of esters is 1. The van der Waals surface area contributed by atoms with E-state index in [1.807, 2.05) is 30.3 Å². The molecule has 0 spiro atoms. The lowest BCUT2D eigenvalue weighted by molar-refractivity contribution is -0.147. The molecule has 0 radical (unpaired) electrons. The Balaban J connectivity index is 2.59. The number of amides is 1. The molecule has 7 nitrogen and oxygen atoms in total. The largest absolute Gasteiger partial charge is 0.494 e. The van der Waals surface area contributed by atoms with Gasteiger partial charge >= 0.3 is 20.7 Å². The van der Waals surface area contributed by atoms with Gasteiger partial charge in [-0.05, 0) is 16.5 Å². The number of hydrogen-bond acceptors (Lipinski definition) is 6. The molecule has 1 amide bonds. The van der Waals surface area contributed by atoms with Crippen molar-refractivity contribution in [2.45, 2.75) is 26.0 Å². The molecule has 0 aliphatic rings. The summed E-state index contributed by atoms with van der Waals surface area (Å²) < 4.78 is 25.1. The van der Waals surface area contributed by atoms with Gasteiger partial charge in [0.2, 0.25) is 0 Å². The molecule has 0 aliphatic carbocycles. The van der Waals surface area contributed by atoms with Crippen molar-refractivity contribution in [3.05, 3.63) is 35.9 Å². The van der Waals surface area contributed by atoms with Crippen LogP contribution >= 0.6 is 8.69 Å².